The molecular weight excluding hydrogens is 218 g/mol. The molecule has 0 spiro atoms. The van der Waals surface area contributed by atoms with Crippen LogP contribution in [0.1, 0.15) is 47.0 Å². The molecule has 98 valence electrons. The van der Waals surface area contributed by atoms with Crippen LogP contribution in [0.4, 0.5) is 4.79 Å². The van der Waals surface area contributed by atoms with E-state index in [2.05, 4.69) is 6.92 Å². The molecule has 0 saturated carbocycles. The third kappa shape index (κ3) is 3.72. The number of likely N-dealkylation sites (tertiary alicyclic amines) is 1. The number of carbonyl (C=O) groups is 2. The minimum Gasteiger partial charge on any atom is -0.444 e. The quantitative estimate of drug-likeness (QED) is 0.713. The third-order valence-corrected chi connectivity index (χ3v) is 3.03. The van der Waals surface area contributed by atoms with Crippen molar-refractivity contribution in [3.8, 4) is 0 Å². The summed E-state index contributed by atoms with van der Waals surface area (Å²) < 4.78 is 5.31. The molecule has 1 amide bonds. The van der Waals surface area contributed by atoms with Gasteiger partial charge in [-0.05, 0) is 33.6 Å². The van der Waals surface area contributed by atoms with Gasteiger partial charge in [-0.3, -0.25) is 0 Å². The Kier molecular flexibility index (Phi) is 4.17. The van der Waals surface area contributed by atoms with Gasteiger partial charge in [0.05, 0.1) is 0 Å². The second-order valence-corrected chi connectivity index (χ2v) is 5.88. The van der Waals surface area contributed by atoms with Crippen molar-refractivity contribution in [2.75, 3.05) is 13.1 Å². The van der Waals surface area contributed by atoms with Gasteiger partial charge in [0, 0.05) is 18.5 Å². The van der Waals surface area contributed by atoms with Gasteiger partial charge < -0.3 is 14.4 Å². The predicted octanol–water partition coefficient (Wildman–Crippen LogP) is 2.61. The maximum Gasteiger partial charge on any atom is 0.410 e. The Labute approximate surface area is 103 Å². The molecule has 4 nitrogen and oxygen atoms in total. The Balaban J connectivity index is 2.60. The average Bonchev–Trinajstić information content (AvgIpc) is 2.61. The first-order chi connectivity index (χ1) is 7.82. The molecule has 1 rings (SSSR count). The standard InChI is InChI=1S/C13H23NO3/c1-5-6-13(10-15)7-8-14(9-13)11(16)17-12(2,3)4/h10H,5-9H2,1-4H3/t13-/m0/s1. The number of rotatable bonds is 3. The Morgan fingerprint density at radius 1 is 1.47 bits per heavy atom. The number of hydrogen-bond acceptors (Lipinski definition) is 3. The first kappa shape index (κ1) is 14.0. The zero-order valence-electron chi connectivity index (χ0n) is 11.3. The molecule has 0 radical (unpaired) electrons. The molecule has 0 aromatic heterocycles. The summed E-state index contributed by atoms with van der Waals surface area (Å²) in [4.78, 5) is 24.7. The normalized spacial score (nSPS) is 24.8. The van der Waals surface area contributed by atoms with Crippen molar-refractivity contribution in [3.63, 3.8) is 0 Å². The fourth-order valence-electron chi connectivity index (χ4n) is 2.24. The highest BCUT2D eigenvalue weighted by Gasteiger charge is 2.40. The summed E-state index contributed by atoms with van der Waals surface area (Å²) >= 11 is 0. The van der Waals surface area contributed by atoms with Crippen LogP contribution in [0.15, 0.2) is 0 Å². The van der Waals surface area contributed by atoms with E-state index in [0.717, 1.165) is 25.5 Å². The van der Waals surface area contributed by atoms with E-state index in [1.54, 1.807) is 4.90 Å². The van der Waals surface area contributed by atoms with Crippen LogP contribution in [0.25, 0.3) is 0 Å². The maximum absolute atomic E-state index is 11.9. The molecule has 0 bridgehead atoms. The first-order valence-corrected chi connectivity index (χ1v) is 6.26. The van der Waals surface area contributed by atoms with Crippen LogP contribution in [0.5, 0.6) is 0 Å². The number of ether oxygens (including phenoxy) is 1. The van der Waals surface area contributed by atoms with Crippen LogP contribution in [0, 0.1) is 5.41 Å². The molecule has 0 N–H and O–H groups in total. The van der Waals surface area contributed by atoms with E-state index in [0.29, 0.717) is 13.1 Å². The van der Waals surface area contributed by atoms with Crippen molar-refractivity contribution >= 4 is 12.4 Å². The van der Waals surface area contributed by atoms with Crippen molar-refractivity contribution in [3.05, 3.63) is 0 Å². The highest BCUT2D eigenvalue weighted by Crippen LogP contribution is 2.33. The van der Waals surface area contributed by atoms with E-state index in [9.17, 15) is 9.59 Å². The number of aldehydes is 1. The summed E-state index contributed by atoms with van der Waals surface area (Å²) in [6.07, 6.45) is 3.26. The molecule has 0 aromatic rings. The van der Waals surface area contributed by atoms with E-state index < -0.39 is 5.60 Å². The van der Waals surface area contributed by atoms with Crippen LogP contribution < -0.4 is 0 Å². The monoisotopic (exact) mass is 241 g/mol. The molecule has 0 aromatic carbocycles. The lowest BCUT2D eigenvalue weighted by Crippen LogP contribution is -2.37. The van der Waals surface area contributed by atoms with Gasteiger partial charge >= 0.3 is 6.09 Å². The summed E-state index contributed by atoms with van der Waals surface area (Å²) in [5, 5.41) is 0. The molecule has 0 unspecified atom stereocenters. The summed E-state index contributed by atoms with van der Waals surface area (Å²) in [7, 11) is 0. The third-order valence-electron chi connectivity index (χ3n) is 3.03. The molecule has 1 aliphatic heterocycles. The second-order valence-electron chi connectivity index (χ2n) is 5.88. The molecule has 1 atom stereocenters. The largest absolute Gasteiger partial charge is 0.444 e. The highest BCUT2D eigenvalue weighted by molar-refractivity contribution is 5.71. The van der Waals surface area contributed by atoms with E-state index in [-0.39, 0.29) is 11.5 Å². The SMILES string of the molecule is CCC[C@]1(C=O)CCN(C(=O)OC(C)(C)C)C1. The Morgan fingerprint density at radius 2 is 2.12 bits per heavy atom. The lowest BCUT2D eigenvalue weighted by Gasteiger charge is -2.26. The number of amides is 1. The topological polar surface area (TPSA) is 46.6 Å². The van der Waals surface area contributed by atoms with E-state index in [4.69, 9.17) is 4.74 Å². The minimum atomic E-state index is -0.478. The van der Waals surface area contributed by atoms with Crippen molar-refractivity contribution in [1.29, 1.82) is 0 Å². The van der Waals surface area contributed by atoms with E-state index >= 15 is 0 Å². The fraction of sp³-hybridized carbons (Fsp3) is 0.846. The summed E-state index contributed by atoms with van der Waals surface area (Å²) in [6, 6.07) is 0. The summed E-state index contributed by atoms with van der Waals surface area (Å²) in [5.74, 6) is 0. The van der Waals surface area contributed by atoms with Crippen LogP contribution in [0.2, 0.25) is 0 Å². The Morgan fingerprint density at radius 3 is 2.59 bits per heavy atom. The average molecular weight is 241 g/mol. The molecule has 0 aliphatic carbocycles. The molecule has 1 aliphatic rings. The lowest BCUT2D eigenvalue weighted by molar-refractivity contribution is -0.116. The van der Waals surface area contributed by atoms with Crippen molar-refractivity contribution in [2.45, 2.75) is 52.6 Å². The molecule has 1 heterocycles. The molecule has 4 heteroatoms. The van der Waals surface area contributed by atoms with Crippen molar-refractivity contribution in [2.24, 2.45) is 5.41 Å². The first-order valence-electron chi connectivity index (χ1n) is 6.26. The minimum absolute atomic E-state index is 0.308. The second kappa shape index (κ2) is 5.07. The van der Waals surface area contributed by atoms with Crippen molar-refractivity contribution in [1.82, 2.24) is 4.90 Å². The number of hydrogen-bond donors (Lipinski definition) is 0. The van der Waals surface area contributed by atoms with Gasteiger partial charge in [-0.2, -0.15) is 0 Å². The smallest absolute Gasteiger partial charge is 0.410 e. The zero-order chi connectivity index (χ0) is 13.1. The van der Waals surface area contributed by atoms with Crippen LogP contribution in [0.3, 0.4) is 0 Å². The summed E-state index contributed by atoms with van der Waals surface area (Å²) in [5.41, 5.74) is -0.820. The van der Waals surface area contributed by atoms with Gasteiger partial charge in [0.15, 0.2) is 0 Å². The highest BCUT2D eigenvalue weighted by atomic mass is 16.6. The van der Waals surface area contributed by atoms with Gasteiger partial charge in [0.1, 0.15) is 11.9 Å². The van der Waals surface area contributed by atoms with E-state index in [1.165, 1.54) is 0 Å². The van der Waals surface area contributed by atoms with Crippen LogP contribution in [-0.2, 0) is 9.53 Å². The van der Waals surface area contributed by atoms with Crippen molar-refractivity contribution < 1.29 is 14.3 Å². The van der Waals surface area contributed by atoms with Crippen LogP contribution >= 0.6 is 0 Å². The molecule has 17 heavy (non-hydrogen) atoms. The number of carbonyl (C=O) groups excluding carboxylic acids is 2. The molecule has 1 fully saturated rings. The lowest BCUT2D eigenvalue weighted by atomic mass is 9.84. The Bertz CT molecular complexity index is 296. The molecular formula is C13H23NO3. The predicted molar refractivity (Wildman–Crippen MR) is 65.8 cm³/mol. The van der Waals surface area contributed by atoms with Gasteiger partial charge in [-0.1, -0.05) is 13.3 Å². The zero-order valence-corrected chi connectivity index (χ0v) is 11.3. The maximum atomic E-state index is 11.9. The van der Waals surface area contributed by atoms with Gasteiger partial charge in [-0.15, -0.1) is 0 Å². The number of nitrogens with zero attached hydrogens (tertiary/aromatic N) is 1. The van der Waals surface area contributed by atoms with Gasteiger partial charge in [0.25, 0.3) is 0 Å². The van der Waals surface area contributed by atoms with Crippen LogP contribution in [-0.4, -0.2) is 36.0 Å². The fourth-order valence-corrected chi connectivity index (χ4v) is 2.24. The van der Waals surface area contributed by atoms with Gasteiger partial charge in [0.2, 0.25) is 0 Å². The molecule has 1 saturated heterocycles. The van der Waals surface area contributed by atoms with E-state index in [1.807, 2.05) is 20.8 Å². The Hall–Kier alpha value is -1.06. The van der Waals surface area contributed by atoms with Gasteiger partial charge in [-0.25, -0.2) is 4.79 Å². The summed E-state index contributed by atoms with van der Waals surface area (Å²) in [6.45, 7) is 8.72.